The van der Waals surface area contributed by atoms with Crippen molar-refractivity contribution in [1.29, 1.82) is 0 Å². The van der Waals surface area contributed by atoms with E-state index in [-0.39, 0.29) is 6.61 Å². The first-order chi connectivity index (χ1) is 17.0. The molecule has 2 N–H and O–H groups in total. The molecule has 0 radical (unpaired) electrons. The summed E-state index contributed by atoms with van der Waals surface area (Å²) in [6.07, 6.45) is 0. The van der Waals surface area contributed by atoms with Gasteiger partial charge in [-0.1, -0.05) is 54.2 Å². The van der Waals surface area contributed by atoms with Crippen LogP contribution in [0, 0.1) is 0 Å². The number of H-pyrrole nitrogens is 1. The van der Waals surface area contributed by atoms with E-state index < -0.39 is 11.2 Å². The van der Waals surface area contributed by atoms with Crippen molar-refractivity contribution in [1.82, 2.24) is 24.1 Å². The highest BCUT2D eigenvalue weighted by Crippen LogP contribution is 2.30. The van der Waals surface area contributed by atoms with Crippen LogP contribution in [0.5, 0.6) is 0 Å². The zero-order valence-electron chi connectivity index (χ0n) is 19.0. The minimum Gasteiger partial charge on any atom is -0.395 e. The zero-order chi connectivity index (χ0) is 24.4. The Morgan fingerprint density at radius 3 is 2.63 bits per heavy atom. The molecule has 3 heterocycles. The van der Waals surface area contributed by atoms with E-state index >= 15 is 0 Å². The number of nitrogens with one attached hydrogen (secondary N) is 1. The molecule has 0 spiro atoms. The van der Waals surface area contributed by atoms with Crippen molar-refractivity contribution >= 4 is 50.4 Å². The molecular formula is C24H24N6O3S2. The number of anilines is 1. The Kier molecular flexibility index (Phi) is 6.71. The van der Waals surface area contributed by atoms with E-state index in [2.05, 4.69) is 16.0 Å². The van der Waals surface area contributed by atoms with Gasteiger partial charge in [-0.05, 0) is 17.7 Å². The summed E-state index contributed by atoms with van der Waals surface area (Å²) in [7, 11) is 1.59. The average Bonchev–Trinajstić information content (AvgIpc) is 3.45. The lowest BCUT2D eigenvalue weighted by atomic mass is 10.2. The second kappa shape index (κ2) is 10.1. The van der Waals surface area contributed by atoms with Gasteiger partial charge in [0.05, 0.1) is 16.8 Å². The highest BCUT2D eigenvalue weighted by atomic mass is 32.2. The van der Waals surface area contributed by atoms with Crippen molar-refractivity contribution in [2.45, 2.75) is 17.4 Å². The summed E-state index contributed by atoms with van der Waals surface area (Å²) in [5.74, 6) is 1.19. The Labute approximate surface area is 208 Å². The number of aliphatic hydroxyl groups is 1. The van der Waals surface area contributed by atoms with Crippen molar-refractivity contribution in [3.8, 4) is 0 Å². The van der Waals surface area contributed by atoms with Gasteiger partial charge in [-0.2, -0.15) is 4.98 Å². The number of nitrogens with zero attached hydrogens (tertiary/aromatic N) is 5. The lowest BCUT2D eigenvalue weighted by Gasteiger charge is -2.24. The molecule has 0 bridgehead atoms. The number of thiazole rings is 1. The number of hydrogen-bond acceptors (Lipinski definition) is 8. The van der Waals surface area contributed by atoms with Crippen molar-refractivity contribution in [3.63, 3.8) is 0 Å². The van der Waals surface area contributed by atoms with Crippen LogP contribution < -0.4 is 16.1 Å². The summed E-state index contributed by atoms with van der Waals surface area (Å²) in [4.78, 5) is 38.8. The van der Waals surface area contributed by atoms with Gasteiger partial charge in [-0.15, -0.1) is 11.3 Å². The molecule has 0 unspecified atom stereocenters. The molecule has 0 amide bonds. The summed E-state index contributed by atoms with van der Waals surface area (Å²) in [6.45, 7) is 1.23. The van der Waals surface area contributed by atoms with Crippen molar-refractivity contribution < 1.29 is 5.11 Å². The smallest absolute Gasteiger partial charge is 0.329 e. The molecule has 5 aromatic rings. The predicted octanol–water partition coefficient (Wildman–Crippen LogP) is 2.82. The topological polar surface area (TPSA) is 109 Å². The molecule has 35 heavy (non-hydrogen) atoms. The summed E-state index contributed by atoms with van der Waals surface area (Å²) in [5.41, 5.74) is 1.68. The maximum absolute atomic E-state index is 12.9. The number of aromatic nitrogens is 5. The molecule has 0 aliphatic rings. The molecule has 11 heteroatoms. The lowest BCUT2D eigenvalue weighted by Crippen LogP contribution is -2.30. The Bertz CT molecular complexity index is 1560. The number of aryl methyl sites for hydroxylation is 2. The van der Waals surface area contributed by atoms with E-state index in [9.17, 15) is 14.7 Å². The van der Waals surface area contributed by atoms with Gasteiger partial charge in [0.25, 0.3) is 5.56 Å². The highest BCUT2D eigenvalue weighted by molar-refractivity contribution is 8.01. The van der Waals surface area contributed by atoms with Crippen LogP contribution in [-0.2, 0) is 20.1 Å². The van der Waals surface area contributed by atoms with E-state index in [0.29, 0.717) is 42.5 Å². The molecule has 0 atom stereocenters. The van der Waals surface area contributed by atoms with Crippen molar-refractivity contribution in [2.75, 3.05) is 23.8 Å². The Morgan fingerprint density at radius 2 is 1.86 bits per heavy atom. The Morgan fingerprint density at radius 1 is 1.09 bits per heavy atom. The number of benzene rings is 2. The first-order valence-electron chi connectivity index (χ1n) is 11.1. The summed E-state index contributed by atoms with van der Waals surface area (Å²) in [5, 5.41) is 9.78. The highest BCUT2D eigenvalue weighted by Gasteiger charge is 2.22. The molecule has 5 rings (SSSR count). The molecule has 2 aromatic carbocycles. The minimum absolute atomic E-state index is 0.0776. The molecule has 0 aliphatic heterocycles. The van der Waals surface area contributed by atoms with Gasteiger partial charge in [0, 0.05) is 32.4 Å². The van der Waals surface area contributed by atoms with Crippen molar-refractivity contribution in [2.24, 2.45) is 7.05 Å². The third kappa shape index (κ3) is 4.75. The van der Waals surface area contributed by atoms with Gasteiger partial charge in [-0.3, -0.25) is 14.3 Å². The maximum Gasteiger partial charge on any atom is 0.329 e. The third-order valence-electron chi connectivity index (χ3n) is 5.67. The monoisotopic (exact) mass is 508 g/mol. The first kappa shape index (κ1) is 23.3. The predicted molar refractivity (Wildman–Crippen MR) is 141 cm³/mol. The van der Waals surface area contributed by atoms with Crippen LogP contribution in [0.2, 0.25) is 0 Å². The third-order valence-corrected chi connectivity index (χ3v) is 7.83. The molecule has 9 nitrogen and oxygen atoms in total. The number of imidazole rings is 1. The van der Waals surface area contributed by atoms with Crippen LogP contribution in [0.3, 0.4) is 0 Å². The summed E-state index contributed by atoms with van der Waals surface area (Å²) < 4.78 is 5.27. The van der Waals surface area contributed by atoms with E-state index in [1.807, 2.05) is 58.0 Å². The number of hydrogen-bond donors (Lipinski definition) is 2. The van der Waals surface area contributed by atoms with Crippen LogP contribution >= 0.6 is 23.1 Å². The standard InChI is InChI=1S/C24H24N6O3S2/c1-28-20-19(21(32)27-23(28)33)30(12-14-34-24-25-17-9-5-6-10-18(17)35-24)22(26-20)29(11-13-31)15-16-7-3-2-4-8-16/h2-10,31H,11-15H2,1H3,(H,27,32,33). The average molecular weight is 509 g/mol. The fraction of sp³-hybridized carbons (Fsp3) is 0.250. The SMILES string of the molecule is Cn1c(=O)[nH]c(=O)c2c1nc(N(CCO)Cc1ccccc1)n2CCSc1nc2ccccc2s1. The van der Waals surface area contributed by atoms with Crippen LogP contribution in [0.4, 0.5) is 5.95 Å². The van der Waals surface area contributed by atoms with Gasteiger partial charge in [-0.25, -0.2) is 9.78 Å². The van der Waals surface area contributed by atoms with Crippen LogP contribution in [-0.4, -0.2) is 48.1 Å². The summed E-state index contributed by atoms with van der Waals surface area (Å²) >= 11 is 3.25. The molecule has 0 fully saturated rings. The maximum atomic E-state index is 12.9. The summed E-state index contributed by atoms with van der Waals surface area (Å²) in [6, 6.07) is 17.9. The largest absolute Gasteiger partial charge is 0.395 e. The number of aliphatic hydroxyl groups excluding tert-OH is 1. The van der Waals surface area contributed by atoms with Gasteiger partial charge < -0.3 is 14.6 Å². The number of aromatic amines is 1. The number of rotatable bonds is 9. The van der Waals surface area contributed by atoms with Gasteiger partial charge in [0.1, 0.15) is 0 Å². The zero-order valence-corrected chi connectivity index (χ0v) is 20.7. The van der Waals surface area contributed by atoms with Gasteiger partial charge >= 0.3 is 5.69 Å². The van der Waals surface area contributed by atoms with Crippen LogP contribution in [0.15, 0.2) is 68.5 Å². The van der Waals surface area contributed by atoms with Gasteiger partial charge in [0.15, 0.2) is 15.5 Å². The van der Waals surface area contributed by atoms with E-state index in [4.69, 9.17) is 4.98 Å². The Balaban J connectivity index is 1.52. The molecule has 3 aromatic heterocycles. The second-order valence-corrected chi connectivity index (χ2v) is 10.4. The quantitative estimate of drug-likeness (QED) is 0.295. The van der Waals surface area contributed by atoms with Gasteiger partial charge in [0.2, 0.25) is 5.95 Å². The normalized spacial score (nSPS) is 11.5. The fourth-order valence-electron chi connectivity index (χ4n) is 3.99. The molecule has 180 valence electrons. The minimum atomic E-state index is -0.515. The molecular weight excluding hydrogens is 484 g/mol. The second-order valence-electron chi connectivity index (χ2n) is 7.98. The Hall–Kier alpha value is -3.41. The van der Waals surface area contributed by atoms with Crippen LogP contribution in [0.25, 0.3) is 21.4 Å². The van der Waals surface area contributed by atoms with E-state index in [1.165, 1.54) is 4.57 Å². The van der Waals surface area contributed by atoms with Crippen LogP contribution in [0.1, 0.15) is 5.56 Å². The number of para-hydroxylation sites is 1. The van der Waals surface area contributed by atoms with E-state index in [1.54, 1.807) is 30.1 Å². The number of thioether (sulfide) groups is 1. The molecule has 0 saturated heterocycles. The number of fused-ring (bicyclic) bond motifs is 2. The molecule has 0 aliphatic carbocycles. The first-order valence-corrected chi connectivity index (χ1v) is 12.9. The fourth-order valence-corrected chi connectivity index (χ4v) is 6.05. The van der Waals surface area contributed by atoms with E-state index in [0.717, 1.165) is 20.1 Å². The van der Waals surface area contributed by atoms with Crippen molar-refractivity contribution in [3.05, 3.63) is 81.0 Å². The lowest BCUT2D eigenvalue weighted by molar-refractivity contribution is 0.300. The molecule has 0 saturated carbocycles.